The lowest BCUT2D eigenvalue weighted by Gasteiger charge is -2.23. The van der Waals surface area contributed by atoms with E-state index in [9.17, 15) is 18.0 Å². The molecule has 1 aliphatic heterocycles. The summed E-state index contributed by atoms with van der Waals surface area (Å²) in [5.41, 5.74) is 0. The summed E-state index contributed by atoms with van der Waals surface area (Å²) < 4.78 is 40.1. The van der Waals surface area contributed by atoms with Crippen LogP contribution in [0.5, 0.6) is 0 Å². The summed E-state index contributed by atoms with van der Waals surface area (Å²) in [4.78, 5) is 13.3. The van der Waals surface area contributed by atoms with E-state index >= 15 is 0 Å². The van der Waals surface area contributed by atoms with E-state index in [1.165, 1.54) is 0 Å². The first kappa shape index (κ1) is 15.2. The van der Waals surface area contributed by atoms with Gasteiger partial charge in [0, 0.05) is 6.54 Å². The van der Waals surface area contributed by atoms with Gasteiger partial charge in [-0.2, -0.15) is 13.2 Å². The molecular weight excluding hydrogens is 249 g/mol. The largest absolute Gasteiger partial charge is 0.411 e. The second kappa shape index (κ2) is 6.38. The lowest BCUT2D eigenvalue weighted by molar-refractivity contribution is -0.175. The van der Waals surface area contributed by atoms with Crippen LogP contribution in [0.25, 0.3) is 0 Å². The zero-order chi connectivity index (χ0) is 13.8. The lowest BCUT2D eigenvalue weighted by Crippen LogP contribution is -2.39. The van der Waals surface area contributed by atoms with E-state index < -0.39 is 12.8 Å². The van der Waals surface area contributed by atoms with Crippen molar-refractivity contribution in [1.82, 2.24) is 10.2 Å². The average molecular weight is 268 g/mol. The van der Waals surface area contributed by atoms with Gasteiger partial charge in [0.25, 0.3) is 0 Å². The molecule has 0 bridgehead atoms. The molecule has 0 aromatic rings. The Kier molecular flexibility index (Phi) is 5.40. The predicted molar refractivity (Wildman–Crippen MR) is 59.9 cm³/mol. The number of hydrogen-bond acceptors (Lipinski definition) is 3. The summed E-state index contributed by atoms with van der Waals surface area (Å²) in [5.74, 6) is -0.0796. The van der Waals surface area contributed by atoms with Gasteiger partial charge in [0.05, 0.1) is 18.8 Å². The van der Waals surface area contributed by atoms with Crippen LogP contribution in [0, 0.1) is 0 Å². The number of carbonyl (C=O) groups is 1. The molecule has 1 heterocycles. The van der Waals surface area contributed by atoms with Crippen molar-refractivity contribution in [2.45, 2.75) is 45.1 Å². The van der Waals surface area contributed by atoms with Crippen LogP contribution in [0.2, 0.25) is 0 Å². The maximum atomic E-state index is 11.9. The Bertz CT molecular complexity index is 284. The van der Waals surface area contributed by atoms with Crippen LogP contribution in [-0.4, -0.2) is 48.9 Å². The number of hydrogen-bond donors (Lipinski definition) is 1. The van der Waals surface area contributed by atoms with Crippen molar-refractivity contribution in [2.75, 3.05) is 19.8 Å². The van der Waals surface area contributed by atoms with Gasteiger partial charge in [-0.25, -0.2) is 0 Å². The van der Waals surface area contributed by atoms with Crippen LogP contribution >= 0.6 is 0 Å². The fraction of sp³-hybridized carbons (Fsp3) is 0.909. The Labute approximate surface area is 104 Å². The van der Waals surface area contributed by atoms with Crippen LogP contribution in [0.15, 0.2) is 0 Å². The van der Waals surface area contributed by atoms with Crippen molar-refractivity contribution < 1.29 is 22.7 Å². The highest BCUT2D eigenvalue weighted by Gasteiger charge is 2.35. The molecule has 4 nitrogen and oxygen atoms in total. The molecule has 1 aliphatic rings. The molecule has 106 valence electrons. The molecule has 18 heavy (non-hydrogen) atoms. The Hall–Kier alpha value is -0.820. The normalized spacial score (nSPS) is 24.9. The van der Waals surface area contributed by atoms with Gasteiger partial charge < -0.3 is 9.64 Å². The number of alkyl halides is 3. The van der Waals surface area contributed by atoms with Crippen LogP contribution in [-0.2, 0) is 9.53 Å². The third kappa shape index (κ3) is 4.45. The van der Waals surface area contributed by atoms with Gasteiger partial charge in [0.15, 0.2) is 0 Å². The van der Waals surface area contributed by atoms with Crippen molar-refractivity contribution in [1.29, 1.82) is 0 Å². The van der Waals surface area contributed by atoms with Crippen LogP contribution in [0.4, 0.5) is 13.2 Å². The number of rotatable bonds is 6. The van der Waals surface area contributed by atoms with Gasteiger partial charge in [-0.15, -0.1) is 0 Å². The molecule has 1 fully saturated rings. The number of carbonyl (C=O) groups excluding carboxylic acids is 1. The molecule has 7 heteroatoms. The smallest absolute Gasteiger partial charge is 0.370 e. The number of nitrogens with one attached hydrogen (secondary N) is 1. The lowest BCUT2D eigenvalue weighted by atomic mass is 10.2. The maximum Gasteiger partial charge on any atom is 0.411 e. The SMILES string of the molecule is CCCC1NC(C)C(=O)N1CCOCC(F)(F)F. The molecule has 0 aliphatic carbocycles. The molecule has 1 rings (SSSR count). The summed E-state index contributed by atoms with van der Waals surface area (Å²) in [6.45, 7) is 2.57. The molecule has 0 radical (unpaired) electrons. The zero-order valence-corrected chi connectivity index (χ0v) is 10.6. The molecule has 0 aromatic heterocycles. The summed E-state index contributed by atoms with van der Waals surface area (Å²) in [6.07, 6.45) is -2.72. The topological polar surface area (TPSA) is 41.6 Å². The summed E-state index contributed by atoms with van der Waals surface area (Å²) in [6, 6.07) is -0.274. The van der Waals surface area contributed by atoms with Gasteiger partial charge >= 0.3 is 6.18 Å². The van der Waals surface area contributed by atoms with Crippen LogP contribution in [0.1, 0.15) is 26.7 Å². The van der Waals surface area contributed by atoms with E-state index in [1.807, 2.05) is 6.92 Å². The van der Waals surface area contributed by atoms with Crippen molar-refractivity contribution in [3.63, 3.8) is 0 Å². The van der Waals surface area contributed by atoms with E-state index in [0.717, 1.165) is 12.8 Å². The molecule has 0 saturated carbocycles. The number of amides is 1. The fourth-order valence-electron chi connectivity index (χ4n) is 1.98. The average Bonchev–Trinajstić information content (AvgIpc) is 2.50. The Morgan fingerprint density at radius 3 is 2.67 bits per heavy atom. The first-order chi connectivity index (χ1) is 8.35. The van der Waals surface area contributed by atoms with E-state index in [2.05, 4.69) is 10.1 Å². The summed E-state index contributed by atoms with van der Waals surface area (Å²) in [7, 11) is 0. The highest BCUT2D eigenvalue weighted by atomic mass is 19.4. The molecule has 2 unspecified atom stereocenters. The Balaban J connectivity index is 2.36. The van der Waals surface area contributed by atoms with Gasteiger partial charge in [-0.05, 0) is 13.3 Å². The zero-order valence-electron chi connectivity index (χ0n) is 10.6. The van der Waals surface area contributed by atoms with Gasteiger partial charge in [-0.1, -0.05) is 13.3 Å². The highest BCUT2D eigenvalue weighted by molar-refractivity contribution is 5.83. The van der Waals surface area contributed by atoms with Crippen molar-refractivity contribution in [3.8, 4) is 0 Å². The number of halogens is 3. The van der Waals surface area contributed by atoms with E-state index in [-0.39, 0.29) is 31.3 Å². The van der Waals surface area contributed by atoms with Crippen molar-refractivity contribution in [3.05, 3.63) is 0 Å². The van der Waals surface area contributed by atoms with E-state index in [4.69, 9.17) is 0 Å². The number of ether oxygens (including phenoxy) is 1. The molecule has 1 N–H and O–H groups in total. The van der Waals surface area contributed by atoms with Gasteiger partial charge in [-0.3, -0.25) is 10.1 Å². The Morgan fingerprint density at radius 1 is 1.44 bits per heavy atom. The van der Waals surface area contributed by atoms with Gasteiger partial charge in [0.2, 0.25) is 5.91 Å². The minimum atomic E-state index is -4.32. The fourth-order valence-corrected chi connectivity index (χ4v) is 1.98. The third-order valence-electron chi connectivity index (χ3n) is 2.78. The molecule has 1 amide bonds. The molecular formula is C11H19F3N2O2. The van der Waals surface area contributed by atoms with Crippen LogP contribution < -0.4 is 5.32 Å². The molecule has 0 aromatic carbocycles. The quantitative estimate of drug-likeness (QED) is 0.742. The van der Waals surface area contributed by atoms with E-state index in [0.29, 0.717) is 0 Å². The van der Waals surface area contributed by atoms with Crippen molar-refractivity contribution in [2.24, 2.45) is 0 Å². The molecule has 1 saturated heterocycles. The number of nitrogens with zero attached hydrogens (tertiary/aromatic N) is 1. The van der Waals surface area contributed by atoms with Crippen LogP contribution in [0.3, 0.4) is 0 Å². The second-order valence-corrected chi connectivity index (χ2v) is 4.39. The summed E-state index contributed by atoms with van der Waals surface area (Å²) >= 11 is 0. The highest BCUT2D eigenvalue weighted by Crippen LogP contribution is 2.16. The molecule has 2 atom stereocenters. The maximum absolute atomic E-state index is 11.9. The monoisotopic (exact) mass is 268 g/mol. The van der Waals surface area contributed by atoms with Crippen molar-refractivity contribution >= 4 is 5.91 Å². The summed E-state index contributed by atoms with van der Waals surface area (Å²) in [5, 5.41) is 3.11. The van der Waals surface area contributed by atoms with Gasteiger partial charge in [0.1, 0.15) is 6.61 Å². The Morgan fingerprint density at radius 2 is 2.11 bits per heavy atom. The first-order valence-electron chi connectivity index (χ1n) is 6.06. The minimum Gasteiger partial charge on any atom is -0.370 e. The standard InChI is InChI=1S/C11H19F3N2O2/c1-3-4-9-15-8(2)10(17)16(9)5-6-18-7-11(12,13)14/h8-9,15H,3-7H2,1-2H3. The molecule has 0 spiro atoms. The predicted octanol–water partition coefficient (Wildman–Crippen LogP) is 1.51. The third-order valence-corrected chi connectivity index (χ3v) is 2.78. The minimum absolute atomic E-state index is 0.0796. The van der Waals surface area contributed by atoms with E-state index in [1.54, 1.807) is 11.8 Å². The first-order valence-corrected chi connectivity index (χ1v) is 6.06. The second-order valence-electron chi connectivity index (χ2n) is 4.39.